The zero-order valence-electron chi connectivity index (χ0n) is 10.6. The highest BCUT2D eigenvalue weighted by molar-refractivity contribution is 6.31. The van der Waals surface area contributed by atoms with E-state index < -0.39 is 11.8 Å². The molecule has 2 N–H and O–H groups in total. The van der Waals surface area contributed by atoms with Gasteiger partial charge in [0.2, 0.25) is 0 Å². The molecule has 102 valence electrons. The van der Waals surface area contributed by atoms with Crippen molar-refractivity contribution in [3.8, 4) is 5.75 Å². The number of halogens is 1. The van der Waals surface area contributed by atoms with Gasteiger partial charge in [0.1, 0.15) is 5.75 Å². The van der Waals surface area contributed by atoms with E-state index in [1.54, 1.807) is 19.1 Å². The van der Waals surface area contributed by atoms with Gasteiger partial charge in [0.05, 0.1) is 11.1 Å². The Labute approximate surface area is 120 Å². The van der Waals surface area contributed by atoms with E-state index >= 15 is 0 Å². The van der Waals surface area contributed by atoms with Crippen molar-refractivity contribution in [2.24, 2.45) is 0 Å². The summed E-state index contributed by atoms with van der Waals surface area (Å²) in [5.41, 5.74) is 0.405. The van der Waals surface area contributed by atoms with Gasteiger partial charge < -0.3 is 10.2 Å². The van der Waals surface area contributed by atoms with Crippen LogP contribution < -0.4 is 0 Å². The van der Waals surface area contributed by atoms with Crippen LogP contribution in [0, 0.1) is 6.92 Å². The first-order chi connectivity index (χ1) is 9.41. The van der Waals surface area contributed by atoms with Crippen molar-refractivity contribution >= 4 is 23.4 Å². The Balaban J connectivity index is 2.63. The van der Waals surface area contributed by atoms with E-state index in [9.17, 15) is 19.8 Å². The highest BCUT2D eigenvalue weighted by Crippen LogP contribution is 2.26. The number of aryl methyl sites for hydroxylation is 1. The maximum atomic E-state index is 12.4. The molecule has 5 heteroatoms. The van der Waals surface area contributed by atoms with Crippen molar-refractivity contribution in [2.75, 3.05) is 0 Å². The highest BCUT2D eigenvalue weighted by Gasteiger charge is 2.21. The molecule has 0 bridgehead atoms. The van der Waals surface area contributed by atoms with Crippen LogP contribution in [0.5, 0.6) is 5.75 Å². The van der Waals surface area contributed by atoms with Crippen LogP contribution in [0.4, 0.5) is 0 Å². The third kappa shape index (κ3) is 2.51. The minimum absolute atomic E-state index is 0.0226. The Kier molecular flexibility index (Phi) is 3.77. The quantitative estimate of drug-likeness (QED) is 0.851. The van der Waals surface area contributed by atoms with Gasteiger partial charge >= 0.3 is 5.97 Å². The molecule has 2 aromatic rings. The van der Waals surface area contributed by atoms with Crippen LogP contribution in [0.15, 0.2) is 36.4 Å². The molecule has 0 spiro atoms. The lowest BCUT2D eigenvalue weighted by molar-refractivity contribution is 0.0692. The maximum Gasteiger partial charge on any atom is 0.336 e. The standard InChI is InChI=1S/C15H11ClO4/c1-8-3-2-4-10(13(8)15(19)20)14(18)11-7-9(16)5-6-12(11)17/h2-7,17H,1H3,(H,19,20). The molecule has 0 aromatic heterocycles. The van der Waals surface area contributed by atoms with Crippen molar-refractivity contribution in [3.63, 3.8) is 0 Å². The molecule has 0 fully saturated rings. The van der Waals surface area contributed by atoms with E-state index in [4.69, 9.17) is 11.6 Å². The van der Waals surface area contributed by atoms with Crippen molar-refractivity contribution < 1.29 is 19.8 Å². The molecular weight excluding hydrogens is 280 g/mol. The number of ketones is 1. The lowest BCUT2D eigenvalue weighted by Gasteiger charge is -2.09. The van der Waals surface area contributed by atoms with E-state index in [2.05, 4.69) is 0 Å². The van der Waals surface area contributed by atoms with Crippen molar-refractivity contribution in [1.82, 2.24) is 0 Å². The van der Waals surface area contributed by atoms with E-state index in [1.165, 1.54) is 24.3 Å². The first-order valence-corrected chi connectivity index (χ1v) is 6.15. The van der Waals surface area contributed by atoms with E-state index in [1.807, 2.05) is 0 Å². The third-order valence-corrected chi connectivity index (χ3v) is 3.17. The van der Waals surface area contributed by atoms with Crippen LogP contribution in [0.1, 0.15) is 31.8 Å². The van der Waals surface area contributed by atoms with Crippen LogP contribution >= 0.6 is 11.6 Å². The van der Waals surface area contributed by atoms with Crippen molar-refractivity contribution in [1.29, 1.82) is 0 Å². The summed E-state index contributed by atoms with van der Waals surface area (Å²) in [5, 5.41) is 19.3. The lowest BCUT2D eigenvalue weighted by Crippen LogP contribution is -2.11. The minimum Gasteiger partial charge on any atom is -0.507 e. The Hall–Kier alpha value is -2.33. The van der Waals surface area contributed by atoms with Gasteiger partial charge in [-0.2, -0.15) is 0 Å². The number of phenols is 1. The number of aromatic hydroxyl groups is 1. The second kappa shape index (κ2) is 5.35. The number of benzene rings is 2. The molecule has 0 heterocycles. The molecule has 0 atom stereocenters. The average Bonchev–Trinajstić information content (AvgIpc) is 2.40. The van der Waals surface area contributed by atoms with Crippen molar-refractivity contribution in [3.05, 3.63) is 63.7 Å². The summed E-state index contributed by atoms with van der Waals surface area (Å²) in [6, 6.07) is 8.68. The molecular formula is C15H11ClO4. The zero-order chi connectivity index (χ0) is 14.9. The monoisotopic (exact) mass is 290 g/mol. The summed E-state index contributed by atoms with van der Waals surface area (Å²) in [6.07, 6.45) is 0. The molecule has 0 aliphatic carbocycles. The molecule has 0 amide bonds. The molecule has 0 aliphatic rings. The smallest absolute Gasteiger partial charge is 0.336 e. The van der Waals surface area contributed by atoms with E-state index in [-0.39, 0.29) is 27.5 Å². The topological polar surface area (TPSA) is 74.6 Å². The molecule has 0 saturated carbocycles. The molecule has 0 aliphatic heterocycles. The number of phenolic OH excluding ortho intramolecular Hbond substituents is 1. The van der Waals surface area contributed by atoms with Gasteiger partial charge in [-0.05, 0) is 30.7 Å². The van der Waals surface area contributed by atoms with Gasteiger partial charge in [-0.3, -0.25) is 4.79 Å². The number of rotatable bonds is 3. The lowest BCUT2D eigenvalue weighted by atomic mass is 9.95. The molecule has 2 rings (SSSR count). The fourth-order valence-corrected chi connectivity index (χ4v) is 2.15. The molecule has 2 aromatic carbocycles. The summed E-state index contributed by atoms with van der Waals surface area (Å²) < 4.78 is 0. The zero-order valence-corrected chi connectivity index (χ0v) is 11.3. The van der Waals surface area contributed by atoms with Crippen LogP contribution in [0.25, 0.3) is 0 Å². The third-order valence-electron chi connectivity index (χ3n) is 2.93. The summed E-state index contributed by atoms with van der Waals surface area (Å²) >= 11 is 5.80. The average molecular weight is 291 g/mol. The summed E-state index contributed by atoms with van der Waals surface area (Å²) in [7, 11) is 0. The van der Waals surface area contributed by atoms with Crippen LogP contribution in [0.2, 0.25) is 5.02 Å². The maximum absolute atomic E-state index is 12.4. The Morgan fingerprint density at radius 3 is 2.45 bits per heavy atom. The minimum atomic E-state index is -1.19. The largest absolute Gasteiger partial charge is 0.507 e. The number of carbonyl (C=O) groups is 2. The van der Waals surface area contributed by atoms with Crippen molar-refractivity contribution in [2.45, 2.75) is 6.92 Å². The number of carboxylic acid groups (broad SMARTS) is 1. The summed E-state index contributed by atoms with van der Waals surface area (Å²) in [6.45, 7) is 1.61. The normalized spacial score (nSPS) is 10.3. The summed E-state index contributed by atoms with van der Waals surface area (Å²) in [4.78, 5) is 23.7. The van der Waals surface area contributed by atoms with Crippen LogP contribution in [-0.2, 0) is 0 Å². The fourth-order valence-electron chi connectivity index (χ4n) is 1.98. The molecule has 0 radical (unpaired) electrons. The predicted molar refractivity (Wildman–Crippen MR) is 74.7 cm³/mol. The predicted octanol–water partition coefficient (Wildman–Crippen LogP) is 3.28. The van der Waals surface area contributed by atoms with E-state index in [0.717, 1.165) is 0 Å². The van der Waals surface area contributed by atoms with Gasteiger partial charge in [-0.25, -0.2) is 4.79 Å². The van der Waals surface area contributed by atoms with Gasteiger partial charge in [0.15, 0.2) is 5.78 Å². The van der Waals surface area contributed by atoms with Gasteiger partial charge in [0, 0.05) is 10.6 Å². The van der Waals surface area contributed by atoms with Gasteiger partial charge in [0.25, 0.3) is 0 Å². The molecule has 0 unspecified atom stereocenters. The molecule has 0 saturated heterocycles. The molecule has 20 heavy (non-hydrogen) atoms. The van der Waals surface area contributed by atoms with Crippen LogP contribution in [-0.4, -0.2) is 22.0 Å². The fraction of sp³-hybridized carbons (Fsp3) is 0.0667. The number of hydrogen-bond donors (Lipinski definition) is 2. The first-order valence-electron chi connectivity index (χ1n) is 5.78. The second-order valence-electron chi connectivity index (χ2n) is 4.29. The van der Waals surface area contributed by atoms with Gasteiger partial charge in [-0.1, -0.05) is 29.8 Å². The van der Waals surface area contributed by atoms with Crippen LogP contribution in [0.3, 0.4) is 0 Å². The molecule has 4 nitrogen and oxygen atoms in total. The second-order valence-corrected chi connectivity index (χ2v) is 4.73. The first kappa shape index (κ1) is 14.1. The van der Waals surface area contributed by atoms with Gasteiger partial charge in [-0.15, -0.1) is 0 Å². The number of carboxylic acids is 1. The Morgan fingerprint density at radius 1 is 1.10 bits per heavy atom. The SMILES string of the molecule is Cc1cccc(C(=O)c2cc(Cl)ccc2O)c1C(=O)O. The Morgan fingerprint density at radius 2 is 1.80 bits per heavy atom. The number of hydrogen-bond acceptors (Lipinski definition) is 3. The highest BCUT2D eigenvalue weighted by atomic mass is 35.5. The number of aromatic carboxylic acids is 1. The summed E-state index contributed by atoms with van der Waals surface area (Å²) in [5.74, 6) is -2.00. The Bertz CT molecular complexity index is 707. The number of carbonyl (C=O) groups excluding carboxylic acids is 1. The van der Waals surface area contributed by atoms with E-state index in [0.29, 0.717) is 5.56 Å².